The summed E-state index contributed by atoms with van der Waals surface area (Å²) in [5, 5.41) is 12.7. The fraction of sp³-hybridized carbons (Fsp3) is 0.688. The highest BCUT2D eigenvalue weighted by atomic mass is 16.5. The number of amides is 2. The SMILES string of the molecule is C=C(CN(C)C(=O)CCC(=O)OC)C1CCC2(C(=O)NCCC(=O)OCC)CCC3(C)C(CCC4C5(C)CC=C(c6ccc(C(=O)O)cc6)C(C)(C)C5CCC43C)C12. The summed E-state index contributed by atoms with van der Waals surface area (Å²) in [5.74, 6) is -0.426. The molecule has 0 bridgehead atoms. The minimum atomic E-state index is -0.913. The molecular weight excluding hydrogens is 733 g/mol. The van der Waals surface area contributed by atoms with Crippen LogP contribution in [0.3, 0.4) is 0 Å². The number of hydrogen-bond donors (Lipinski definition) is 2. The van der Waals surface area contributed by atoms with E-state index in [0.29, 0.717) is 30.6 Å². The summed E-state index contributed by atoms with van der Waals surface area (Å²) in [6.07, 6.45) is 11.3. The first-order valence-corrected chi connectivity index (χ1v) is 21.8. The number of nitrogens with zero attached hydrogens (tertiary/aromatic N) is 1. The van der Waals surface area contributed by atoms with E-state index in [9.17, 15) is 29.1 Å². The van der Waals surface area contributed by atoms with E-state index >= 15 is 0 Å². The maximum atomic E-state index is 14.6. The van der Waals surface area contributed by atoms with Crippen LogP contribution >= 0.6 is 0 Å². The van der Waals surface area contributed by atoms with Crippen molar-refractivity contribution in [3.8, 4) is 0 Å². The van der Waals surface area contributed by atoms with Crippen LogP contribution in [0.2, 0.25) is 0 Å². The highest BCUT2D eigenvalue weighted by Crippen LogP contribution is 2.77. The summed E-state index contributed by atoms with van der Waals surface area (Å²) < 4.78 is 9.92. The van der Waals surface area contributed by atoms with Crippen molar-refractivity contribution in [1.82, 2.24) is 10.2 Å². The average molecular weight is 801 g/mol. The van der Waals surface area contributed by atoms with Crippen LogP contribution in [0.5, 0.6) is 0 Å². The summed E-state index contributed by atoms with van der Waals surface area (Å²) in [4.78, 5) is 65.1. The van der Waals surface area contributed by atoms with Crippen LogP contribution < -0.4 is 5.32 Å². The Morgan fingerprint density at radius 3 is 2.22 bits per heavy atom. The predicted molar refractivity (Wildman–Crippen MR) is 223 cm³/mol. The number of fused-ring (bicyclic) bond motifs is 7. The number of methoxy groups -OCH3 is 1. The van der Waals surface area contributed by atoms with Gasteiger partial charge in [-0.25, -0.2) is 4.79 Å². The fourth-order valence-corrected chi connectivity index (χ4v) is 14.0. The van der Waals surface area contributed by atoms with Gasteiger partial charge in [0, 0.05) is 26.6 Å². The number of carboxylic acid groups (broad SMARTS) is 1. The van der Waals surface area contributed by atoms with Gasteiger partial charge in [-0.3, -0.25) is 19.2 Å². The number of benzene rings is 1. The smallest absolute Gasteiger partial charge is 0.335 e. The molecule has 58 heavy (non-hydrogen) atoms. The van der Waals surface area contributed by atoms with Crippen molar-refractivity contribution in [3.63, 3.8) is 0 Å². The van der Waals surface area contributed by atoms with Gasteiger partial charge in [0.05, 0.1) is 37.5 Å². The second kappa shape index (κ2) is 16.2. The molecule has 0 aliphatic heterocycles. The van der Waals surface area contributed by atoms with Crippen molar-refractivity contribution in [1.29, 1.82) is 0 Å². The molecule has 9 unspecified atom stereocenters. The van der Waals surface area contributed by atoms with Crippen LogP contribution in [0.25, 0.3) is 5.57 Å². The van der Waals surface area contributed by atoms with Crippen molar-refractivity contribution >= 4 is 35.3 Å². The van der Waals surface area contributed by atoms with Crippen molar-refractivity contribution in [2.75, 3.05) is 33.9 Å². The van der Waals surface area contributed by atoms with Crippen molar-refractivity contribution in [3.05, 3.63) is 53.6 Å². The Balaban J connectivity index is 1.30. The maximum Gasteiger partial charge on any atom is 0.335 e. The van der Waals surface area contributed by atoms with Gasteiger partial charge in [0.25, 0.3) is 0 Å². The van der Waals surface area contributed by atoms with Crippen molar-refractivity contribution in [2.45, 2.75) is 119 Å². The number of esters is 2. The number of carbonyl (C=O) groups excluding carboxylic acids is 4. The maximum absolute atomic E-state index is 14.6. The first-order chi connectivity index (χ1) is 27.3. The molecule has 0 aromatic heterocycles. The van der Waals surface area contributed by atoms with Gasteiger partial charge in [-0.1, -0.05) is 65.0 Å². The predicted octanol–water partition coefficient (Wildman–Crippen LogP) is 8.50. The standard InChI is InChI=1S/C48H68N2O8/c1-10-58-40(53)22-28-49-43(56)48-25-19-33(30(2)29-50(8)38(51)17-18-39(52)57-9)41(48)35-15-16-37-45(5)23-20-34(31-11-13-32(14-12-31)42(54)55)44(3,4)36(45)21-24-47(37,7)46(35,6)26-27-48/h11-14,20,33,35-37,41H,2,10,15-19,21-29H2,1,3-9H3,(H,49,56)(H,54,55). The van der Waals surface area contributed by atoms with Crippen molar-refractivity contribution in [2.24, 2.45) is 56.7 Å². The summed E-state index contributed by atoms with van der Waals surface area (Å²) >= 11 is 0. The molecule has 6 rings (SSSR count). The summed E-state index contributed by atoms with van der Waals surface area (Å²) in [6.45, 7) is 19.8. The topological polar surface area (TPSA) is 139 Å². The van der Waals surface area contributed by atoms with E-state index in [4.69, 9.17) is 9.47 Å². The lowest BCUT2D eigenvalue weighted by atomic mass is 9.32. The highest BCUT2D eigenvalue weighted by Gasteiger charge is 2.71. The molecule has 0 heterocycles. The van der Waals surface area contributed by atoms with Crippen LogP contribution in [0.4, 0.5) is 0 Å². The van der Waals surface area contributed by atoms with Gasteiger partial charge in [0.2, 0.25) is 11.8 Å². The molecule has 318 valence electrons. The number of nitrogens with one attached hydrogen (secondary N) is 1. The van der Waals surface area contributed by atoms with Crippen LogP contribution in [0.1, 0.15) is 135 Å². The van der Waals surface area contributed by atoms with Gasteiger partial charge in [-0.15, -0.1) is 0 Å². The Kier molecular flexibility index (Phi) is 12.2. The molecule has 2 amide bonds. The lowest BCUT2D eigenvalue weighted by molar-refractivity contribution is -0.225. The number of likely N-dealkylation sites (N-methyl/N-ethyl adjacent to an activating group) is 1. The Morgan fingerprint density at radius 2 is 1.57 bits per heavy atom. The Hall–Kier alpha value is -3.95. The largest absolute Gasteiger partial charge is 0.478 e. The Labute approximate surface area is 345 Å². The van der Waals surface area contributed by atoms with E-state index < -0.39 is 17.4 Å². The van der Waals surface area contributed by atoms with E-state index in [2.05, 4.69) is 52.6 Å². The molecule has 0 radical (unpaired) electrons. The van der Waals surface area contributed by atoms with E-state index in [1.54, 1.807) is 31.0 Å². The summed E-state index contributed by atoms with van der Waals surface area (Å²) in [7, 11) is 3.09. The first kappa shape index (κ1) is 43.6. The Bertz CT molecular complexity index is 1830. The molecule has 2 N–H and O–H groups in total. The minimum absolute atomic E-state index is 0.0292. The quantitative estimate of drug-likeness (QED) is 0.150. The molecule has 0 spiro atoms. The third-order valence-electron chi connectivity index (χ3n) is 17.0. The van der Waals surface area contributed by atoms with Gasteiger partial charge in [-0.2, -0.15) is 0 Å². The lowest BCUT2D eigenvalue weighted by Gasteiger charge is -2.72. The zero-order chi connectivity index (χ0) is 42.4. The number of hydrogen-bond acceptors (Lipinski definition) is 7. The van der Waals surface area contributed by atoms with Crippen LogP contribution in [0, 0.1) is 56.7 Å². The minimum Gasteiger partial charge on any atom is -0.478 e. The molecule has 5 aliphatic rings. The molecule has 5 aliphatic carbocycles. The zero-order valence-corrected chi connectivity index (χ0v) is 36.3. The Morgan fingerprint density at radius 1 is 0.862 bits per heavy atom. The monoisotopic (exact) mass is 800 g/mol. The second-order valence-electron chi connectivity index (χ2n) is 19.7. The molecule has 1 aromatic rings. The van der Waals surface area contributed by atoms with E-state index in [1.165, 1.54) is 12.7 Å². The fourth-order valence-electron chi connectivity index (χ4n) is 14.0. The van der Waals surface area contributed by atoms with E-state index in [-0.39, 0.29) is 83.0 Å². The van der Waals surface area contributed by atoms with Gasteiger partial charge < -0.3 is 24.8 Å². The molecule has 4 saturated carbocycles. The number of carbonyl (C=O) groups is 5. The van der Waals surface area contributed by atoms with Gasteiger partial charge in [0.15, 0.2) is 0 Å². The number of allylic oxidation sites excluding steroid dienone is 2. The molecule has 10 nitrogen and oxygen atoms in total. The van der Waals surface area contributed by atoms with Gasteiger partial charge in [0.1, 0.15) is 0 Å². The molecular formula is C48H68N2O8. The zero-order valence-electron chi connectivity index (χ0n) is 36.3. The van der Waals surface area contributed by atoms with Gasteiger partial charge in [-0.05, 0) is 139 Å². The first-order valence-electron chi connectivity index (χ1n) is 21.8. The summed E-state index contributed by atoms with van der Waals surface area (Å²) in [5.41, 5.74) is 3.07. The van der Waals surface area contributed by atoms with Crippen LogP contribution in [0.15, 0.2) is 42.5 Å². The van der Waals surface area contributed by atoms with Crippen molar-refractivity contribution < 1.29 is 38.6 Å². The number of rotatable bonds is 13. The summed E-state index contributed by atoms with van der Waals surface area (Å²) in [6, 6.07) is 7.39. The lowest BCUT2D eigenvalue weighted by Crippen LogP contribution is -2.66. The van der Waals surface area contributed by atoms with Crippen LogP contribution in [-0.2, 0) is 28.7 Å². The second-order valence-corrected chi connectivity index (χ2v) is 19.7. The molecule has 10 heteroatoms. The highest BCUT2D eigenvalue weighted by molar-refractivity contribution is 5.88. The van der Waals surface area contributed by atoms with Gasteiger partial charge >= 0.3 is 17.9 Å². The molecule has 1 aromatic carbocycles. The van der Waals surface area contributed by atoms with E-state index in [1.807, 2.05) is 12.1 Å². The molecule has 0 saturated heterocycles. The molecule has 4 fully saturated rings. The number of carboxylic acids is 1. The third-order valence-corrected chi connectivity index (χ3v) is 17.0. The van der Waals surface area contributed by atoms with Crippen LogP contribution in [-0.4, -0.2) is 73.6 Å². The number of aromatic carboxylic acids is 1. The molecule has 9 atom stereocenters. The van der Waals surface area contributed by atoms with E-state index in [0.717, 1.165) is 68.9 Å². The number of ether oxygens (including phenoxy) is 2. The normalized spacial score (nSPS) is 34.5. The third kappa shape index (κ3) is 7.22. The average Bonchev–Trinajstić information content (AvgIpc) is 3.58.